The van der Waals surface area contributed by atoms with E-state index in [1.807, 2.05) is 30.3 Å². The van der Waals surface area contributed by atoms with Crippen LogP contribution in [0.2, 0.25) is 0 Å². The number of rotatable bonds is 5. The fourth-order valence-electron chi connectivity index (χ4n) is 4.50. The van der Waals surface area contributed by atoms with Crippen LogP contribution >= 0.6 is 0 Å². The van der Waals surface area contributed by atoms with Gasteiger partial charge in [0.15, 0.2) is 0 Å². The van der Waals surface area contributed by atoms with Crippen LogP contribution < -0.4 is 5.32 Å². The lowest BCUT2D eigenvalue weighted by molar-refractivity contribution is 0.0943. The quantitative estimate of drug-likeness (QED) is 0.429. The van der Waals surface area contributed by atoms with Gasteiger partial charge < -0.3 is 9.88 Å². The fraction of sp³-hybridized carbons (Fsp3) is 0.241. The average Bonchev–Trinajstić information content (AvgIpc) is 3.28. The van der Waals surface area contributed by atoms with Crippen LogP contribution in [0.25, 0.3) is 22.4 Å². The van der Waals surface area contributed by atoms with Crippen molar-refractivity contribution in [2.24, 2.45) is 5.92 Å². The molecule has 3 aromatic carbocycles. The summed E-state index contributed by atoms with van der Waals surface area (Å²) in [6, 6.07) is 24.7. The molecule has 0 radical (unpaired) electrons. The number of fused-ring (bicyclic) bond motifs is 1. The highest BCUT2D eigenvalue weighted by Gasteiger charge is 2.21. The van der Waals surface area contributed by atoms with Crippen molar-refractivity contribution in [2.45, 2.75) is 33.2 Å². The van der Waals surface area contributed by atoms with Gasteiger partial charge in [-0.15, -0.1) is 0 Å². The molecular formula is C29H29N3O. The van der Waals surface area contributed by atoms with Gasteiger partial charge in [0.25, 0.3) is 5.91 Å². The van der Waals surface area contributed by atoms with Gasteiger partial charge >= 0.3 is 0 Å². The first-order valence-corrected chi connectivity index (χ1v) is 11.6. The van der Waals surface area contributed by atoms with Gasteiger partial charge in [-0.2, -0.15) is 0 Å². The number of benzene rings is 3. The van der Waals surface area contributed by atoms with Crippen molar-refractivity contribution in [3.05, 3.63) is 102 Å². The number of hydrogen-bond donors (Lipinski definition) is 1. The van der Waals surface area contributed by atoms with E-state index in [-0.39, 0.29) is 5.91 Å². The van der Waals surface area contributed by atoms with Gasteiger partial charge in [-0.25, -0.2) is 4.98 Å². The zero-order valence-corrected chi connectivity index (χ0v) is 19.2. The molecule has 0 fully saturated rings. The maximum absolute atomic E-state index is 12.4. The van der Waals surface area contributed by atoms with Gasteiger partial charge in [0.2, 0.25) is 0 Å². The summed E-state index contributed by atoms with van der Waals surface area (Å²) in [6.45, 7) is 5.87. The van der Waals surface area contributed by atoms with E-state index in [2.05, 4.69) is 72.4 Å². The van der Waals surface area contributed by atoms with Gasteiger partial charge in [-0.3, -0.25) is 4.79 Å². The van der Waals surface area contributed by atoms with Crippen LogP contribution in [0.5, 0.6) is 0 Å². The lowest BCUT2D eigenvalue weighted by Gasteiger charge is -2.23. The lowest BCUT2D eigenvalue weighted by Crippen LogP contribution is -2.33. The molecule has 0 saturated carbocycles. The normalized spacial score (nSPS) is 15.2. The average molecular weight is 436 g/mol. The Balaban J connectivity index is 1.25. The largest absolute Gasteiger partial charge is 0.352 e. The SMILES string of the molecule is Cc1ccc(-c2ccc(-c3cn4c(n3)CCC(CNC(=O)c3ccccc3)C4)cc2)cc1C. The van der Waals surface area contributed by atoms with Crippen molar-refractivity contribution in [1.29, 1.82) is 0 Å². The molecule has 166 valence electrons. The maximum atomic E-state index is 12.4. The van der Waals surface area contributed by atoms with Crippen molar-refractivity contribution >= 4 is 5.91 Å². The number of carbonyl (C=O) groups excluding carboxylic acids is 1. The Hall–Kier alpha value is -3.66. The number of nitrogens with zero attached hydrogens (tertiary/aromatic N) is 2. The van der Waals surface area contributed by atoms with Gasteiger partial charge in [-0.1, -0.05) is 60.7 Å². The Morgan fingerprint density at radius 1 is 0.939 bits per heavy atom. The third-order valence-corrected chi connectivity index (χ3v) is 6.70. The number of hydrogen-bond acceptors (Lipinski definition) is 2. The van der Waals surface area contributed by atoms with Crippen LogP contribution in [0.1, 0.15) is 33.7 Å². The summed E-state index contributed by atoms with van der Waals surface area (Å²) >= 11 is 0. The summed E-state index contributed by atoms with van der Waals surface area (Å²) in [7, 11) is 0. The van der Waals surface area contributed by atoms with Crippen LogP contribution in [0.4, 0.5) is 0 Å². The predicted molar refractivity (Wildman–Crippen MR) is 133 cm³/mol. The van der Waals surface area contributed by atoms with E-state index in [0.717, 1.165) is 36.5 Å². The molecule has 1 atom stereocenters. The third kappa shape index (κ3) is 4.61. The molecule has 2 heterocycles. The molecule has 1 aromatic heterocycles. The fourth-order valence-corrected chi connectivity index (χ4v) is 4.50. The molecule has 33 heavy (non-hydrogen) atoms. The van der Waals surface area contributed by atoms with Crippen LogP contribution in [-0.4, -0.2) is 22.0 Å². The van der Waals surface area contributed by atoms with E-state index in [4.69, 9.17) is 4.98 Å². The van der Waals surface area contributed by atoms with Crippen LogP contribution in [0.15, 0.2) is 79.0 Å². The number of aromatic nitrogens is 2. The van der Waals surface area contributed by atoms with Crippen LogP contribution in [-0.2, 0) is 13.0 Å². The second-order valence-electron chi connectivity index (χ2n) is 9.05. The lowest BCUT2D eigenvalue weighted by atomic mass is 9.99. The molecule has 0 spiro atoms. The summed E-state index contributed by atoms with van der Waals surface area (Å²) in [5, 5.41) is 3.09. The van der Waals surface area contributed by atoms with Crippen molar-refractivity contribution in [1.82, 2.24) is 14.9 Å². The monoisotopic (exact) mass is 435 g/mol. The van der Waals surface area contributed by atoms with Crippen LogP contribution in [0.3, 0.4) is 0 Å². The molecule has 4 heteroatoms. The zero-order chi connectivity index (χ0) is 22.8. The minimum Gasteiger partial charge on any atom is -0.352 e. The first-order chi connectivity index (χ1) is 16.1. The van der Waals surface area contributed by atoms with Crippen molar-refractivity contribution < 1.29 is 4.79 Å². The molecule has 0 bridgehead atoms. The van der Waals surface area contributed by atoms with E-state index in [1.165, 1.54) is 22.3 Å². The van der Waals surface area contributed by atoms with E-state index >= 15 is 0 Å². The van der Waals surface area contributed by atoms with Gasteiger partial charge in [0.05, 0.1) is 5.69 Å². The summed E-state index contributed by atoms with van der Waals surface area (Å²) < 4.78 is 2.26. The van der Waals surface area contributed by atoms with Crippen molar-refractivity contribution in [2.75, 3.05) is 6.54 Å². The number of imidazole rings is 1. The molecule has 4 aromatic rings. The molecule has 1 aliphatic heterocycles. The molecule has 1 amide bonds. The summed E-state index contributed by atoms with van der Waals surface area (Å²) in [5.74, 6) is 1.55. The first-order valence-electron chi connectivity index (χ1n) is 11.6. The molecule has 0 aliphatic carbocycles. The molecular weight excluding hydrogens is 406 g/mol. The third-order valence-electron chi connectivity index (χ3n) is 6.70. The van der Waals surface area contributed by atoms with Crippen molar-refractivity contribution in [3.63, 3.8) is 0 Å². The Kier molecular flexibility index (Phi) is 5.82. The van der Waals surface area contributed by atoms with E-state index < -0.39 is 0 Å². The minimum absolute atomic E-state index is 0.00317. The highest BCUT2D eigenvalue weighted by Crippen LogP contribution is 2.28. The minimum atomic E-state index is -0.00317. The van der Waals surface area contributed by atoms with Gasteiger partial charge in [-0.05, 0) is 60.6 Å². The van der Waals surface area contributed by atoms with Gasteiger partial charge in [0, 0.05) is 36.8 Å². The number of nitrogens with one attached hydrogen (secondary N) is 1. The van der Waals surface area contributed by atoms with Crippen LogP contribution in [0, 0.1) is 19.8 Å². The van der Waals surface area contributed by atoms with E-state index in [1.54, 1.807) is 0 Å². The number of amides is 1. The summed E-state index contributed by atoms with van der Waals surface area (Å²) in [6.07, 6.45) is 4.13. The second-order valence-corrected chi connectivity index (χ2v) is 9.05. The molecule has 4 nitrogen and oxygen atoms in total. The smallest absolute Gasteiger partial charge is 0.251 e. The summed E-state index contributed by atoms with van der Waals surface area (Å²) in [4.78, 5) is 17.3. The maximum Gasteiger partial charge on any atom is 0.251 e. The number of aryl methyl sites for hydroxylation is 3. The Labute approximate surface area is 195 Å². The Bertz CT molecular complexity index is 1270. The summed E-state index contributed by atoms with van der Waals surface area (Å²) in [5.41, 5.74) is 7.96. The number of carbonyl (C=O) groups is 1. The molecule has 1 N–H and O–H groups in total. The van der Waals surface area contributed by atoms with E-state index in [0.29, 0.717) is 18.0 Å². The highest BCUT2D eigenvalue weighted by atomic mass is 16.1. The topological polar surface area (TPSA) is 46.9 Å². The standard InChI is InChI=1S/C29H29N3O/c1-20-8-10-26(16-21(20)2)23-11-13-24(14-12-23)27-19-32-18-22(9-15-28(32)31-27)17-30-29(33)25-6-4-3-5-7-25/h3-8,10-14,16,19,22H,9,15,17-18H2,1-2H3,(H,30,33). The molecule has 5 rings (SSSR count). The molecule has 1 aliphatic rings. The van der Waals surface area contributed by atoms with Crippen molar-refractivity contribution in [3.8, 4) is 22.4 Å². The van der Waals surface area contributed by atoms with E-state index in [9.17, 15) is 4.79 Å². The molecule has 0 saturated heterocycles. The highest BCUT2D eigenvalue weighted by molar-refractivity contribution is 5.94. The predicted octanol–water partition coefficient (Wildman–Crippen LogP) is 5.83. The zero-order valence-electron chi connectivity index (χ0n) is 19.2. The first kappa shape index (κ1) is 21.2. The van der Waals surface area contributed by atoms with Gasteiger partial charge in [0.1, 0.15) is 5.82 Å². The second kappa shape index (κ2) is 9.07. The Morgan fingerprint density at radius 3 is 2.42 bits per heavy atom. The molecule has 1 unspecified atom stereocenters. The Morgan fingerprint density at radius 2 is 1.67 bits per heavy atom.